The summed E-state index contributed by atoms with van der Waals surface area (Å²) < 4.78 is 1.67. The van der Waals surface area contributed by atoms with Gasteiger partial charge in [0.1, 0.15) is 5.82 Å². The number of nitrogens with one attached hydrogen (secondary N) is 3. The molecule has 0 unspecified atom stereocenters. The molecule has 0 spiro atoms. The van der Waals surface area contributed by atoms with Crippen molar-refractivity contribution in [3.05, 3.63) is 42.4 Å². The molecule has 9 nitrogen and oxygen atoms in total. The van der Waals surface area contributed by atoms with E-state index in [2.05, 4.69) is 36.2 Å². The first-order valence-electron chi connectivity index (χ1n) is 7.73. The van der Waals surface area contributed by atoms with Crippen molar-refractivity contribution in [1.82, 2.24) is 30.3 Å². The topological polar surface area (TPSA) is 110 Å². The van der Waals surface area contributed by atoms with Crippen LogP contribution in [-0.2, 0) is 7.05 Å². The van der Waals surface area contributed by atoms with Gasteiger partial charge in [-0.1, -0.05) is 0 Å². The van der Waals surface area contributed by atoms with Gasteiger partial charge in [-0.15, -0.1) is 22.0 Å². The average molecular weight is 370 g/mol. The first kappa shape index (κ1) is 17.7. The van der Waals surface area contributed by atoms with Crippen molar-refractivity contribution in [1.29, 1.82) is 0 Å². The Morgan fingerprint density at radius 3 is 2.73 bits per heavy atom. The number of carbonyl (C=O) groups excluding carboxylic acids is 1. The van der Waals surface area contributed by atoms with Crippen LogP contribution in [0.25, 0.3) is 0 Å². The van der Waals surface area contributed by atoms with E-state index < -0.39 is 0 Å². The van der Waals surface area contributed by atoms with Crippen LogP contribution in [0.2, 0.25) is 0 Å². The number of anilines is 4. The van der Waals surface area contributed by atoms with E-state index in [9.17, 15) is 4.79 Å². The molecule has 1 amide bonds. The standard InChI is InChI=1S/C16H18N8OS/c1-17-16(25)14-10(19-15-11(26-3)5-4-7-18-15)9-13(21-22-14)20-12-6-8-24(2)23-12/h4-9H,1-3H3,(H,17,25)(H2,18,19,20,21,23). The molecule has 0 saturated carbocycles. The SMILES string of the molecule is CNC(=O)c1nnc(Nc2ccn(C)n2)cc1Nc1ncccc1SC. The summed E-state index contributed by atoms with van der Waals surface area (Å²) in [5.41, 5.74) is 0.670. The van der Waals surface area contributed by atoms with Crippen LogP contribution in [0, 0.1) is 0 Å². The summed E-state index contributed by atoms with van der Waals surface area (Å²) in [6.07, 6.45) is 5.45. The molecule has 10 heteroatoms. The van der Waals surface area contributed by atoms with E-state index in [-0.39, 0.29) is 11.6 Å². The maximum atomic E-state index is 12.1. The number of pyridine rings is 1. The van der Waals surface area contributed by atoms with E-state index >= 15 is 0 Å². The number of nitrogens with zero attached hydrogens (tertiary/aromatic N) is 5. The fourth-order valence-corrected chi connectivity index (χ4v) is 2.74. The molecule has 3 aromatic rings. The van der Waals surface area contributed by atoms with Crippen molar-refractivity contribution in [2.75, 3.05) is 23.9 Å². The zero-order valence-electron chi connectivity index (χ0n) is 14.5. The number of hydrogen-bond donors (Lipinski definition) is 3. The molecule has 0 aromatic carbocycles. The van der Waals surface area contributed by atoms with Gasteiger partial charge in [0.15, 0.2) is 17.3 Å². The first-order chi connectivity index (χ1) is 12.6. The Kier molecular flexibility index (Phi) is 5.32. The monoisotopic (exact) mass is 370 g/mol. The van der Waals surface area contributed by atoms with Gasteiger partial charge in [-0.25, -0.2) is 4.98 Å². The minimum Gasteiger partial charge on any atom is -0.354 e. The van der Waals surface area contributed by atoms with Crippen LogP contribution in [0.1, 0.15) is 10.5 Å². The van der Waals surface area contributed by atoms with Crippen molar-refractivity contribution in [3.8, 4) is 0 Å². The third-order valence-corrected chi connectivity index (χ3v) is 4.22. The van der Waals surface area contributed by atoms with Gasteiger partial charge < -0.3 is 16.0 Å². The number of amides is 1. The molecule has 134 valence electrons. The largest absolute Gasteiger partial charge is 0.354 e. The lowest BCUT2D eigenvalue weighted by Gasteiger charge is -2.13. The summed E-state index contributed by atoms with van der Waals surface area (Å²) in [5, 5.41) is 21.2. The van der Waals surface area contributed by atoms with Gasteiger partial charge >= 0.3 is 0 Å². The van der Waals surface area contributed by atoms with Crippen molar-refractivity contribution < 1.29 is 4.79 Å². The molecule has 3 aromatic heterocycles. The van der Waals surface area contributed by atoms with Gasteiger partial charge in [0.2, 0.25) is 0 Å². The lowest BCUT2D eigenvalue weighted by atomic mass is 10.3. The van der Waals surface area contributed by atoms with E-state index in [4.69, 9.17) is 0 Å². The molecule has 3 rings (SSSR count). The van der Waals surface area contributed by atoms with Crippen molar-refractivity contribution >= 4 is 40.8 Å². The maximum Gasteiger partial charge on any atom is 0.273 e. The molecule has 0 aliphatic rings. The quantitative estimate of drug-likeness (QED) is 0.566. The molecule has 0 aliphatic carbocycles. The summed E-state index contributed by atoms with van der Waals surface area (Å²) in [6.45, 7) is 0. The minimum atomic E-state index is -0.342. The number of aromatic nitrogens is 5. The Morgan fingerprint density at radius 1 is 1.19 bits per heavy atom. The fourth-order valence-electron chi connectivity index (χ4n) is 2.22. The predicted molar refractivity (Wildman–Crippen MR) is 101 cm³/mol. The zero-order valence-corrected chi connectivity index (χ0v) is 15.3. The highest BCUT2D eigenvalue weighted by atomic mass is 32.2. The summed E-state index contributed by atoms with van der Waals surface area (Å²) in [6, 6.07) is 7.31. The van der Waals surface area contributed by atoms with Gasteiger partial charge in [-0.05, 0) is 18.4 Å². The molecular formula is C16H18N8OS. The third kappa shape index (κ3) is 3.91. The highest BCUT2D eigenvalue weighted by Crippen LogP contribution is 2.28. The maximum absolute atomic E-state index is 12.1. The Bertz CT molecular complexity index is 926. The number of hydrogen-bond acceptors (Lipinski definition) is 8. The number of carbonyl (C=O) groups is 1. The second kappa shape index (κ2) is 7.83. The fraction of sp³-hybridized carbons (Fsp3) is 0.188. The molecular weight excluding hydrogens is 352 g/mol. The van der Waals surface area contributed by atoms with E-state index in [0.29, 0.717) is 23.1 Å². The molecule has 3 heterocycles. The van der Waals surface area contributed by atoms with Crippen molar-refractivity contribution in [2.45, 2.75) is 4.90 Å². The molecule has 0 aliphatic heterocycles. The summed E-state index contributed by atoms with van der Waals surface area (Å²) in [5.74, 6) is 1.39. The highest BCUT2D eigenvalue weighted by Gasteiger charge is 2.16. The van der Waals surface area contributed by atoms with Crippen LogP contribution < -0.4 is 16.0 Å². The van der Waals surface area contributed by atoms with Crippen LogP contribution in [0.3, 0.4) is 0 Å². The van der Waals surface area contributed by atoms with Crippen molar-refractivity contribution in [3.63, 3.8) is 0 Å². The zero-order chi connectivity index (χ0) is 18.5. The second-order valence-electron chi connectivity index (χ2n) is 5.25. The van der Waals surface area contributed by atoms with Gasteiger partial charge in [-0.2, -0.15) is 5.10 Å². The van der Waals surface area contributed by atoms with Crippen LogP contribution >= 0.6 is 11.8 Å². The Balaban J connectivity index is 1.96. The summed E-state index contributed by atoms with van der Waals surface area (Å²) >= 11 is 1.55. The van der Waals surface area contributed by atoms with Gasteiger partial charge in [0, 0.05) is 43.5 Å². The Morgan fingerprint density at radius 2 is 2.04 bits per heavy atom. The Hall–Kier alpha value is -3.14. The molecule has 26 heavy (non-hydrogen) atoms. The Labute approximate surface area is 154 Å². The van der Waals surface area contributed by atoms with E-state index in [1.807, 2.05) is 37.7 Å². The van der Waals surface area contributed by atoms with Gasteiger partial charge in [0.25, 0.3) is 5.91 Å². The van der Waals surface area contributed by atoms with Crippen LogP contribution in [0.4, 0.5) is 23.1 Å². The number of aryl methyl sites for hydroxylation is 1. The normalized spacial score (nSPS) is 10.4. The van der Waals surface area contributed by atoms with Crippen LogP contribution in [0.5, 0.6) is 0 Å². The number of rotatable bonds is 6. The lowest BCUT2D eigenvalue weighted by Crippen LogP contribution is -2.21. The average Bonchev–Trinajstić information content (AvgIpc) is 3.06. The van der Waals surface area contributed by atoms with Gasteiger partial charge in [-0.3, -0.25) is 9.48 Å². The molecule has 0 bridgehead atoms. The predicted octanol–water partition coefficient (Wildman–Crippen LogP) is 2.17. The first-order valence-corrected chi connectivity index (χ1v) is 8.95. The van der Waals surface area contributed by atoms with Crippen LogP contribution in [0.15, 0.2) is 41.6 Å². The molecule has 0 saturated heterocycles. The van der Waals surface area contributed by atoms with E-state index in [0.717, 1.165) is 4.90 Å². The van der Waals surface area contributed by atoms with Gasteiger partial charge in [0.05, 0.1) is 5.69 Å². The second-order valence-corrected chi connectivity index (χ2v) is 6.10. The third-order valence-electron chi connectivity index (χ3n) is 3.45. The highest BCUT2D eigenvalue weighted by molar-refractivity contribution is 7.98. The lowest BCUT2D eigenvalue weighted by molar-refractivity contribution is 0.0958. The van der Waals surface area contributed by atoms with E-state index in [1.165, 1.54) is 0 Å². The molecule has 0 radical (unpaired) electrons. The molecule has 3 N–H and O–H groups in total. The molecule has 0 fully saturated rings. The van der Waals surface area contributed by atoms with Crippen LogP contribution in [-0.4, -0.2) is 44.2 Å². The van der Waals surface area contributed by atoms with Crippen molar-refractivity contribution in [2.24, 2.45) is 7.05 Å². The smallest absolute Gasteiger partial charge is 0.273 e. The minimum absolute atomic E-state index is 0.178. The summed E-state index contributed by atoms with van der Waals surface area (Å²) in [7, 11) is 3.37. The number of thioether (sulfide) groups is 1. The van der Waals surface area contributed by atoms with E-state index in [1.54, 1.807) is 35.8 Å². The molecule has 0 atom stereocenters. The summed E-state index contributed by atoms with van der Waals surface area (Å²) in [4.78, 5) is 17.4.